The third-order valence-corrected chi connectivity index (χ3v) is 10.00. The zero-order valence-electron chi connectivity index (χ0n) is 20.9. The Balaban J connectivity index is 1.36. The van der Waals surface area contributed by atoms with Crippen LogP contribution in [0.5, 0.6) is 0 Å². The fourth-order valence-electron chi connectivity index (χ4n) is 6.10. The van der Waals surface area contributed by atoms with E-state index in [0.717, 1.165) is 23.9 Å². The van der Waals surface area contributed by atoms with Crippen molar-refractivity contribution in [2.75, 3.05) is 0 Å². The van der Waals surface area contributed by atoms with Crippen molar-refractivity contribution in [2.24, 2.45) is 11.8 Å². The summed E-state index contributed by atoms with van der Waals surface area (Å²) >= 11 is 8.14. The van der Waals surface area contributed by atoms with Crippen molar-refractivity contribution >= 4 is 28.5 Å². The van der Waals surface area contributed by atoms with Crippen molar-refractivity contribution in [3.8, 4) is 0 Å². The number of thiophene rings is 1. The van der Waals surface area contributed by atoms with E-state index in [9.17, 15) is 0 Å². The Labute approximate surface area is 219 Å². The molecule has 2 heterocycles. The van der Waals surface area contributed by atoms with Crippen LogP contribution in [0.25, 0.3) is 0 Å². The van der Waals surface area contributed by atoms with Crippen LogP contribution in [0.2, 0.25) is 0 Å². The molecule has 1 aromatic heterocycles. The molecule has 4 heteroatoms. The van der Waals surface area contributed by atoms with Crippen LogP contribution in [-0.2, 0) is 12.1 Å². The largest absolute Gasteiger partial charge is 0.356 e. The standard InChI is InChI=1S/C31H36N2S2/c1-3-21(2)29-32-31(27-13-14-27,30(34)33(29)19-22-15-16-35-20-22)28-12-6-11-26(18-28)25-10-5-9-24(17-25)23-7-4-8-23/h5-6,9-12,15-16,18,20,23,25,27,32H,3-4,7-8,13-14,17,19H2,1-2H3/b29-21-. The monoisotopic (exact) mass is 500 g/mol. The maximum atomic E-state index is 6.38. The molecule has 3 aliphatic carbocycles. The normalized spacial score (nSPS) is 28.1. The van der Waals surface area contributed by atoms with Crippen molar-refractivity contribution < 1.29 is 0 Å². The molecule has 0 bridgehead atoms. The van der Waals surface area contributed by atoms with Crippen LogP contribution in [0.4, 0.5) is 0 Å². The lowest BCUT2D eigenvalue weighted by atomic mass is 9.73. The molecule has 2 nitrogen and oxygen atoms in total. The average molecular weight is 501 g/mol. The third-order valence-electron chi connectivity index (χ3n) is 8.72. The van der Waals surface area contributed by atoms with Crippen LogP contribution in [-0.4, -0.2) is 9.89 Å². The third kappa shape index (κ3) is 4.13. The quantitative estimate of drug-likeness (QED) is 0.386. The van der Waals surface area contributed by atoms with Crippen LogP contribution < -0.4 is 5.32 Å². The van der Waals surface area contributed by atoms with Crippen LogP contribution in [0.1, 0.15) is 81.4 Å². The van der Waals surface area contributed by atoms with Gasteiger partial charge in [0.2, 0.25) is 0 Å². The Bertz CT molecular complexity index is 1200. The Kier molecular flexibility index (Phi) is 6.22. The molecule has 0 radical (unpaired) electrons. The van der Waals surface area contributed by atoms with Gasteiger partial charge in [-0.25, -0.2) is 0 Å². The van der Waals surface area contributed by atoms with Crippen LogP contribution in [0, 0.1) is 11.8 Å². The number of benzene rings is 1. The van der Waals surface area contributed by atoms with Gasteiger partial charge in [0.1, 0.15) is 16.3 Å². The first-order valence-electron chi connectivity index (χ1n) is 13.4. The zero-order chi connectivity index (χ0) is 24.0. The van der Waals surface area contributed by atoms with E-state index in [1.807, 2.05) is 0 Å². The minimum Gasteiger partial charge on any atom is -0.356 e. The first-order chi connectivity index (χ1) is 17.1. The first-order valence-corrected chi connectivity index (χ1v) is 14.7. The average Bonchev–Trinajstić information content (AvgIpc) is 3.50. The summed E-state index contributed by atoms with van der Waals surface area (Å²) in [6.07, 6.45) is 15.9. The van der Waals surface area contributed by atoms with Gasteiger partial charge >= 0.3 is 0 Å². The van der Waals surface area contributed by atoms with Gasteiger partial charge in [-0.3, -0.25) is 0 Å². The van der Waals surface area contributed by atoms with Gasteiger partial charge in [0.05, 0.1) is 6.54 Å². The van der Waals surface area contributed by atoms with Gasteiger partial charge in [-0.05, 0) is 96.4 Å². The summed E-state index contributed by atoms with van der Waals surface area (Å²) in [6, 6.07) is 11.6. The highest BCUT2D eigenvalue weighted by molar-refractivity contribution is 7.80. The second kappa shape index (κ2) is 9.37. The summed E-state index contributed by atoms with van der Waals surface area (Å²) in [5, 5.41) is 8.48. The number of nitrogens with one attached hydrogen (secondary N) is 1. The van der Waals surface area contributed by atoms with Crippen LogP contribution in [0.3, 0.4) is 0 Å². The maximum Gasteiger partial charge on any atom is 0.118 e. The van der Waals surface area contributed by atoms with Crippen LogP contribution >= 0.6 is 23.6 Å². The number of thiocarbonyl (C=S) groups is 1. The summed E-state index contributed by atoms with van der Waals surface area (Å²) in [7, 11) is 0. The molecule has 0 amide bonds. The summed E-state index contributed by atoms with van der Waals surface area (Å²) in [5.74, 6) is 3.08. The summed E-state index contributed by atoms with van der Waals surface area (Å²) < 4.78 is 0. The van der Waals surface area contributed by atoms with E-state index in [2.05, 4.69) is 83.4 Å². The molecule has 35 heavy (non-hydrogen) atoms. The lowest BCUT2D eigenvalue weighted by molar-refractivity contribution is 0.356. The topological polar surface area (TPSA) is 15.3 Å². The van der Waals surface area contributed by atoms with E-state index < -0.39 is 0 Å². The van der Waals surface area contributed by atoms with E-state index in [0.29, 0.717) is 11.8 Å². The van der Waals surface area contributed by atoms with Crippen molar-refractivity contribution in [1.29, 1.82) is 0 Å². The smallest absolute Gasteiger partial charge is 0.118 e. The first kappa shape index (κ1) is 23.2. The second-order valence-corrected chi connectivity index (χ2v) is 12.1. The highest BCUT2D eigenvalue weighted by Gasteiger charge is 2.56. The minimum atomic E-state index is -0.280. The van der Waals surface area contributed by atoms with Gasteiger partial charge in [0, 0.05) is 5.92 Å². The van der Waals surface area contributed by atoms with E-state index in [1.165, 1.54) is 66.6 Å². The molecule has 182 valence electrons. The molecule has 2 unspecified atom stereocenters. The molecule has 0 spiro atoms. The van der Waals surface area contributed by atoms with E-state index in [1.54, 1.807) is 16.9 Å². The van der Waals surface area contributed by atoms with Gasteiger partial charge in [0.25, 0.3) is 0 Å². The Hall–Kier alpha value is -2.17. The molecule has 1 saturated heterocycles. The van der Waals surface area contributed by atoms with Gasteiger partial charge in [-0.1, -0.05) is 73.6 Å². The SMILES string of the molecule is CC/C(C)=C1/NC(c2cccc(C3C=CC=C(C4CCC4)C3)c2)(C2CC2)C(=S)N1Cc1ccsc1. The molecule has 2 aromatic rings. The minimum absolute atomic E-state index is 0.280. The fourth-order valence-corrected chi connectivity index (χ4v) is 7.25. The number of hydrogen-bond donors (Lipinski definition) is 1. The Morgan fingerprint density at radius 1 is 1.20 bits per heavy atom. The van der Waals surface area contributed by atoms with Crippen molar-refractivity contribution in [2.45, 2.75) is 76.8 Å². The van der Waals surface area contributed by atoms with E-state index in [4.69, 9.17) is 12.2 Å². The molecule has 1 aromatic carbocycles. The molecule has 2 atom stereocenters. The van der Waals surface area contributed by atoms with E-state index >= 15 is 0 Å². The second-order valence-electron chi connectivity index (χ2n) is 10.9. The van der Waals surface area contributed by atoms with Crippen molar-refractivity contribution in [1.82, 2.24) is 10.2 Å². The summed E-state index contributed by atoms with van der Waals surface area (Å²) in [4.78, 5) is 3.46. The lowest BCUT2D eigenvalue weighted by Gasteiger charge is -2.33. The fraction of sp³-hybridized carbons (Fsp3) is 0.452. The zero-order valence-corrected chi connectivity index (χ0v) is 22.6. The molecular formula is C31H36N2S2. The van der Waals surface area contributed by atoms with Crippen LogP contribution in [0.15, 0.2) is 76.3 Å². The molecule has 1 aliphatic heterocycles. The number of hydrogen-bond acceptors (Lipinski definition) is 3. The van der Waals surface area contributed by atoms with E-state index in [-0.39, 0.29) is 5.54 Å². The lowest BCUT2D eigenvalue weighted by Crippen LogP contribution is -2.45. The predicted octanol–water partition coefficient (Wildman–Crippen LogP) is 8.20. The van der Waals surface area contributed by atoms with Crippen molar-refractivity contribution in [3.05, 3.63) is 93.0 Å². The maximum absolute atomic E-state index is 6.38. The van der Waals surface area contributed by atoms with Crippen molar-refractivity contribution in [3.63, 3.8) is 0 Å². The highest BCUT2D eigenvalue weighted by Crippen LogP contribution is 2.52. The molecular weight excluding hydrogens is 464 g/mol. The van der Waals surface area contributed by atoms with Gasteiger partial charge < -0.3 is 10.2 Å². The highest BCUT2D eigenvalue weighted by atomic mass is 32.1. The number of rotatable bonds is 7. The Morgan fingerprint density at radius 3 is 2.74 bits per heavy atom. The predicted molar refractivity (Wildman–Crippen MR) is 151 cm³/mol. The summed E-state index contributed by atoms with van der Waals surface area (Å²) in [6.45, 7) is 5.35. The molecule has 1 N–H and O–H groups in total. The number of allylic oxidation sites excluding steroid dienone is 5. The van der Waals surface area contributed by atoms with Gasteiger partial charge in [-0.15, -0.1) is 0 Å². The Morgan fingerprint density at radius 2 is 2.06 bits per heavy atom. The van der Waals surface area contributed by atoms with Gasteiger partial charge in [0.15, 0.2) is 0 Å². The molecule has 2 saturated carbocycles. The summed E-state index contributed by atoms with van der Waals surface area (Å²) in [5.41, 5.74) is 6.88. The number of nitrogens with zero attached hydrogens (tertiary/aromatic N) is 1. The van der Waals surface area contributed by atoms with Gasteiger partial charge in [-0.2, -0.15) is 11.3 Å². The molecule has 4 aliphatic rings. The molecule has 3 fully saturated rings. The molecule has 6 rings (SSSR count).